The topological polar surface area (TPSA) is 49.4 Å². The van der Waals surface area contributed by atoms with Crippen LogP contribution in [0.1, 0.15) is 44.0 Å². The average molecular weight is 493 g/mol. The molecule has 0 aromatic heterocycles. The Morgan fingerprint density at radius 3 is 1.94 bits per heavy atom. The summed E-state index contributed by atoms with van der Waals surface area (Å²) in [6.07, 6.45) is 0.824. The number of benzene rings is 4. The van der Waals surface area contributed by atoms with E-state index in [0.717, 1.165) is 23.1 Å². The van der Waals surface area contributed by atoms with E-state index in [2.05, 4.69) is 17.4 Å². The van der Waals surface area contributed by atoms with Crippen molar-refractivity contribution in [2.75, 3.05) is 12.3 Å². The lowest BCUT2D eigenvalue weighted by Gasteiger charge is -2.24. The first-order valence-electron chi connectivity index (χ1n) is 12.1. The Kier molecular flexibility index (Phi) is 7.48. The summed E-state index contributed by atoms with van der Waals surface area (Å²) in [6, 6.07) is 37.6. The SMILES string of the molecule is O=C(NC(c1ccccc1)c1ccccc1)c1ccc([C@H]2SCC(=O)N2CCc2ccccc2)cc1. The number of nitrogens with zero attached hydrogens (tertiary/aromatic N) is 1. The second-order valence-electron chi connectivity index (χ2n) is 8.84. The number of amides is 2. The van der Waals surface area contributed by atoms with E-state index in [9.17, 15) is 9.59 Å². The van der Waals surface area contributed by atoms with Crippen LogP contribution in [0.3, 0.4) is 0 Å². The van der Waals surface area contributed by atoms with Gasteiger partial charge >= 0.3 is 0 Å². The van der Waals surface area contributed by atoms with Crippen molar-refractivity contribution in [2.45, 2.75) is 17.8 Å². The third-order valence-corrected chi connectivity index (χ3v) is 7.71. The van der Waals surface area contributed by atoms with E-state index in [-0.39, 0.29) is 23.2 Å². The van der Waals surface area contributed by atoms with Crippen LogP contribution in [0.5, 0.6) is 0 Å². The number of carbonyl (C=O) groups is 2. The standard InChI is InChI=1S/C31H28N2O2S/c34-28-22-36-31(33(28)21-20-23-10-4-1-5-11-23)27-18-16-26(17-19-27)30(35)32-29(24-12-6-2-7-13-24)25-14-8-3-9-15-25/h1-19,29,31H,20-22H2,(H,32,35)/t31-/m1/s1. The van der Waals surface area contributed by atoms with Gasteiger partial charge < -0.3 is 10.2 Å². The van der Waals surface area contributed by atoms with Crippen LogP contribution in [0.2, 0.25) is 0 Å². The molecule has 1 heterocycles. The minimum Gasteiger partial charge on any atom is -0.341 e. The maximum atomic E-state index is 13.2. The molecule has 180 valence electrons. The van der Waals surface area contributed by atoms with E-state index < -0.39 is 0 Å². The molecule has 0 aliphatic carbocycles. The van der Waals surface area contributed by atoms with Crippen molar-refractivity contribution in [3.8, 4) is 0 Å². The van der Waals surface area contributed by atoms with E-state index in [4.69, 9.17) is 0 Å². The molecular weight excluding hydrogens is 464 g/mol. The number of carbonyl (C=O) groups excluding carboxylic acids is 2. The Balaban J connectivity index is 1.29. The zero-order valence-electron chi connectivity index (χ0n) is 19.9. The highest BCUT2D eigenvalue weighted by Crippen LogP contribution is 2.38. The van der Waals surface area contributed by atoms with Crippen LogP contribution in [-0.2, 0) is 11.2 Å². The highest BCUT2D eigenvalue weighted by atomic mass is 32.2. The Morgan fingerprint density at radius 2 is 1.36 bits per heavy atom. The smallest absolute Gasteiger partial charge is 0.252 e. The lowest BCUT2D eigenvalue weighted by molar-refractivity contribution is -0.128. The quantitative estimate of drug-likeness (QED) is 0.327. The van der Waals surface area contributed by atoms with Crippen LogP contribution in [0, 0.1) is 0 Å². The van der Waals surface area contributed by atoms with E-state index in [1.807, 2.05) is 108 Å². The molecule has 1 atom stereocenters. The molecule has 5 heteroatoms. The van der Waals surface area contributed by atoms with Gasteiger partial charge in [-0.15, -0.1) is 11.8 Å². The zero-order chi connectivity index (χ0) is 24.7. The minimum absolute atomic E-state index is 0.0280. The van der Waals surface area contributed by atoms with Crippen LogP contribution in [-0.4, -0.2) is 29.0 Å². The Labute approximate surface area is 216 Å². The first kappa shape index (κ1) is 23.9. The second kappa shape index (κ2) is 11.3. The van der Waals surface area contributed by atoms with Gasteiger partial charge in [-0.25, -0.2) is 0 Å². The monoisotopic (exact) mass is 492 g/mol. The maximum absolute atomic E-state index is 13.2. The number of nitrogens with one attached hydrogen (secondary N) is 1. The summed E-state index contributed by atoms with van der Waals surface area (Å²) in [6.45, 7) is 0.679. The molecule has 4 aromatic rings. The molecule has 1 saturated heterocycles. The zero-order valence-corrected chi connectivity index (χ0v) is 20.7. The fraction of sp³-hybridized carbons (Fsp3) is 0.161. The number of hydrogen-bond donors (Lipinski definition) is 1. The van der Waals surface area contributed by atoms with Gasteiger partial charge in [0.2, 0.25) is 5.91 Å². The van der Waals surface area contributed by atoms with Crippen LogP contribution in [0.15, 0.2) is 115 Å². The molecule has 1 aliphatic rings. The third kappa shape index (κ3) is 5.52. The van der Waals surface area contributed by atoms with Crippen LogP contribution >= 0.6 is 11.8 Å². The predicted molar refractivity (Wildman–Crippen MR) is 146 cm³/mol. The molecule has 0 saturated carbocycles. The molecule has 4 aromatic carbocycles. The van der Waals surface area contributed by atoms with E-state index >= 15 is 0 Å². The van der Waals surface area contributed by atoms with Crippen molar-refractivity contribution < 1.29 is 9.59 Å². The molecular formula is C31H28N2O2S. The van der Waals surface area contributed by atoms with Crippen molar-refractivity contribution in [1.29, 1.82) is 0 Å². The van der Waals surface area contributed by atoms with Crippen molar-refractivity contribution in [2.24, 2.45) is 0 Å². The van der Waals surface area contributed by atoms with E-state index in [0.29, 0.717) is 17.9 Å². The van der Waals surface area contributed by atoms with Crippen molar-refractivity contribution in [3.63, 3.8) is 0 Å². The van der Waals surface area contributed by atoms with Crippen molar-refractivity contribution in [3.05, 3.63) is 143 Å². The summed E-state index contributed by atoms with van der Waals surface area (Å²) in [5.41, 5.74) is 4.92. The van der Waals surface area contributed by atoms with Crippen molar-refractivity contribution >= 4 is 23.6 Å². The van der Waals surface area contributed by atoms with Gasteiger partial charge in [-0.2, -0.15) is 0 Å². The van der Waals surface area contributed by atoms with Crippen molar-refractivity contribution in [1.82, 2.24) is 10.2 Å². The Bertz CT molecular complexity index is 1260. The first-order chi connectivity index (χ1) is 17.7. The molecule has 1 N–H and O–H groups in total. The lowest BCUT2D eigenvalue weighted by Crippen LogP contribution is -2.30. The summed E-state index contributed by atoms with van der Waals surface area (Å²) in [5.74, 6) is 0.518. The van der Waals surface area contributed by atoms with E-state index in [1.54, 1.807) is 11.8 Å². The van der Waals surface area contributed by atoms with Gasteiger partial charge in [0.15, 0.2) is 0 Å². The normalized spacial score (nSPS) is 15.3. The average Bonchev–Trinajstić information content (AvgIpc) is 3.32. The summed E-state index contributed by atoms with van der Waals surface area (Å²) in [7, 11) is 0. The van der Waals surface area contributed by atoms with Gasteiger partial charge in [0, 0.05) is 12.1 Å². The fourth-order valence-electron chi connectivity index (χ4n) is 4.53. The Hall–Kier alpha value is -3.83. The second-order valence-corrected chi connectivity index (χ2v) is 9.90. The highest BCUT2D eigenvalue weighted by Gasteiger charge is 2.32. The lowest BCUT2D eigenvalue weighted by atomic mass is 9.98. The molecule has 5 rings (SSSR count). The van der Waals surface area contributed by atoms with E-state index in [1.165, 1.54) is 5.56 Å². The molecule has 36 heavy (non-hydrogen) atoms. The molecule has 1 fully saturated rings. The van der Waals surface area contributed by atoms with Gasteiger partial charge in [0.05, 0.1) is 11.8 Å². The molecule has 0 radical (unpaired) electrons. The summed E-state index contributed by atoms with van der Waals surface area (Å²) in [5, 5.41) is 3.17. The maximum Gasteiger partial charge on any atom is 0.252 e. The largest absolute Gasteiger partial charge is 0.341 e. The molecule has 0 unspecified atom stereocenters. The van der Waals surface area contributed by atoms with Gasteiger partial charge in [-0.1, -0.05) is 103 Å². The minimum atomic E-state index is -0.240. The molecule has 4 nitrogen and oxygen atoms in total. The highest BCUT2D eigenvalue weighted by molar-refractivity contribution is 8.00. The van der Waals surface area contributed by atoms with Crippen LogP contribution < -0.4 is 5.32 Å². The van der Waals surface area contributed by atoms with Gasteiger partial charge in [0.25, 0.3) is 5.91 Å². The number of thioether (sulfide) groups is 1. The fourth-order valence-corrected chi connectivity index (χ4v) is 5.75. The summed E-state index contributed by atoms with van der Waals surface area (Å²) in [4.78, 5) is 27.8. The molecule has 2 amide bonds. The predicted octanol–water partition coefficient (Wildman–Crippen LogP) is 6.02. The molecule has 0 spiro atoms. The Morgan fingerprint density at radius 1 is 0.806 bits per heavy atom. The molecule has 0 bridgehead atoms. The van der Waals surface area contributed by atoms with Gasteiger partial charge in [-0.3, -0.25) is 9.59 Å². The van der Waals surface area contributed by atoms with Crippen LogP contribution in [0.4, 0.5) is 0 Å². The van der Waals surface area contributed by atoms with Gasteiger partial charge in [0.1, 0.15) is 5.37 Å². The summed E-state index contributed by atoms with van der Waals surface area (Å²) >= 11 is 1.64. The molecule has 1 aliphatic heterocycles. The number of hydrogen-bond acceptors (Lipinski definition) is 3. The third-order valence-electron chi connectivity index (χ3n) is 6.45. The number of rotatable bonds is 8. The first-order valence-corrected chi connectivity index (χ1v) is 13.2. The van der Waals surface area contributed by atoms with Gasteiger partial charge in [-0.05, 0) is 40.8 Å². The summed E-state index contributed by atoms with van der Waals surface area (Å²) < 4.78 is 0. The van der Waals surface area contributed by atoms with Crippen LogP contribution in [0.25, 0.3) is 0 Å².